The molecule has 4 N–H and O–H groups in total. The zero-order valence-electron chi connectivity index (χ0n) is 40.5. The van der Waals surface area contributed by atoms with Crippen LogP contribution in [-0.2, 0) is 25.6 Å². The summed E-state index contributed by atoms with van der Waals surface area (Å²) < 4.78 is 0. The summed E-state index contributed by atoms with van der Waals surface area (Å²) in [6, 6.07) is 12.2. The smallest absolute Gasteiger partial charge is 0.262 e. The lowest BCUT2D eigenvalue weighted by Gasteiger charge is -2.35. The molecule has 0 bridgehead atoms. The maximum Gasteiger partial charge on any atom is 0.262 e. The molecule has 3 aromatic rings. The van der Waals surface area contributed by atoms with E-state index in [0.717, 1.165) is 110 Å². The monoisotopic (exact) mass is 939 g/mol. The van der Waals surface area contributed by atoms with Crippen molar-refractivity contribution in [2.75, 3.05) is 49.5 Å². The molecular weight excluding hydrogens is 873 g/mol. The quantitative estimate of drug-likeness (QED) is 0.0339. The molecule has 364 valence electrons. The molecule has 0 saturated carbocycles. The number of piperidine rings is 1. The number of carbonyl (C=O) groups excluding carboxylic acids is 7. The number of pyridine rings is 1. The minimum absolute atomic E-state index is 0.0638. The van der Waals surface area contributed by atoms with Crippen molar-refractivity contribution in [1.82, 2.24) is 25.4 Å². The fraction of sp³-hybridized carbons (Fsp3) is 0.463. The number of hydrogen-bond donors (Lipinski definition) is 4. The van der Waals surface area contributed by atoms with Gasteiger partial charge in [-0.15, -0.1) is 0 Å². The number of Topliss-reactive ketones (excluding diaryl/α,β-unsaturated/α-hetero) is 2. The van der Waals surface area contributed by atoms with Crippen LogP contribution < -0.4 is 20.9 Å². The number of unbranched alkanes of at least 4 members (excludes halogenated alkanes) is 5. The third-order valence-corrected chi connectivity index (χ3v) is 13.6. The molecule has 0 radical (unpaired) electrons. The van der Waals surface area contributed by atoms with Crippen molar-refractivity contribution in [3.05, 3.63) is 99.3 Å². The summed E-state index contributed by atoms with van der Waals surface area (Å²) in [4.78, 5) is 100. The number of hydrogen-bond acceptors (Lipinski definition) is 12. The van der Waals surface area contributed by atoms with E-state index < -0.39 is 29.7 Å². The number of benzene rings is 2. The van der Waals surface area contributed by atoms with E-state index >= 15 is 0 Å². The van der Waals surface area contributed by atoms with Crippen molar-refractivity contribution >= 4 is 58.8 Å². The second-order valence-electron chi connectivity index (χ2n) is 19.1. The molecular formula is C54H66N8O7. The highest BCUT2D eigenvalue weighted by Gasteiger charge is 2.45. The molecule has 15 heteroatoms. The first-order chi connectivity index (χ1) is 33.2. The second kappa shape index (κ2) is 23.1. The number of piperazine rings is 1. The molecule has 1 aliphatic carbocycles. The van der Waals surface area contributed by atoms with Crippen LogP contribution in [0.4, 0.5) is 11.5 Å². The first-order valence-electron chi connectivity index (χ1n) is 24.6. The molecule has 4 heterocycles. The van der Waals surface area contributed by atoms with Crippen molar-refractivity contribution in [1.29, 1.82) is 5.41 Å². The number of nitrogens with one attached hydrogen (secondary N) is 4. The summed E-state index contributed by atoms with van der Waals surface area (Å²) in [5, 5.41) is 17.0. The van der Waals surface area contributed by atoms with Crippen molar-refractivity contribution in [2.24, 2.45) is 0 Å². The lowest BCUT2D eigenvalue weighted by molar-refractivity contribution is -0.136. The Bertz CT molecular complexity index is 2550. The van der Waals surface area contributed by atoms with E-state index in [4.69, 9.17) is 10.4 Å². The van der Waals surface area contributed by atoms with Gasteiger partial charge in [0.15, 0.2) is 11.6 Å². The molecule has 2 aromatic carbocycles. The minimum Gasteiger partial charge on any atom is -0.382 e. The van der Waals surface area contributed by atoms with Crippen LogP contribution in [0.25, 0.3) is 11.1 Å². The largest absolute Gasteiger partial charge is 0.382 e. The standard InChI is InChI=1S/C54H66N8O7/c1-34(2)58-44-31-39(30-42(43(44)32-55)46(63)19-17-40-36(4)28-35(3)29-47(40)64)38-16-20-48(57-33-38)61-26-24-60(25-27-61)23-22-56-49(65)15-10-8-6-5-7-9-12-37-13-11-14-41-51(37)54(69)62(53(41)68)45-18-21-50(66)59-52(45)67/h11,13-14,16,20,28,30-34,45,55,58H,5-10,12,15,17-19,21-27,29H2,1-4H3,(H,56,65)(H,59,66,67). The Kier molecular flexibility index (Phi) is 16.9. The summed E-state index contributed by atoms with van der Waals surface area (Å²) >= 11 is 0. The lowest BCUT2D eigenvalue weighted by Crippen LogP contribution is -2.54. The van der Waals surface area contributed by atoms with Gasteiger partial charge in [0.2, 0.25) is 17.7 Å². The van der Waals surface area contributed by atoms with Gasteiger partial charge in [0.05, 0.1) is 11.1 Å². The van der Waals surface area contributed by atoms with Crippen molar-refractivity contribution < 1.29 is 33.6 Å². The van der Waals surface area contributed by atoms with Crippen LogP contribution in [0.3, 0.4) is 0 Å². The molecule has 69 heavy (non-hydrogen) atoms. The maximum absolute atomic E-state index is 13.8. The van der Waals surface area contributed by atoms with Crippen LogP contribution in [0.5, 0.6) is 0 Å². The van der Waals surface area contributed by atoms with Gasteiger partial charge in [-0.2, -0.15) is 0 Å². The summed E-state index contributed by atoms with van der Waals surface area (Å²) in [5.74, 6) is -1.06. The number of aromatic nitrogens is 1. The number of allylic oxidation sites excluding steroid dienone is 4. The number of fused-ring (bicyclic) bond motifs is 1. The topological polar surface area (TPSA) is 202 Å². The van der Waals surface area contributed by atoms with Gasteiger partial charge in [-0.05, 0) is 112 Å². The zero-order valence-corrected chi connectivity index (χ0v) is 40.5. The van der Waals surface area contributed by atoms with Gasteiger partial charge >= 0.3 is 0 Å². The van der Waals surface area contributed by atoms with Gasteiger partial charge in [-0.3, -0.25) is 48.7 Å². The number of imide groups is 2. The second-order valence-corrected chi connectivity index (χ2v) is 19.1. The first kappa shape index (κ1) is 50.3. The van der Waals surface area contributed by atoms with Gasteiger partial charge in [-0.1, -0.05) is 49.5 Å². The predicted octanol–water partition coefficient (Wildman–Crippen LogP) is 7.38. The molecule has 4 aliphatic rings. The number of carbonyl (C=O) groups is 7. The lowest BCUT2D eigenvalue weighted by atomic mass is 9.88. The molecule has 0 spiro atoms. The molecule has 3 aliphatic heterocycles. The minimum atomic E-state index is -0.975. The molecule has 7 rings (SSSR count). The third-order valence-electron chi connectivity index (χ3n) is 13.6. The number of amides is 5. The molecule has 15 nitrogen and oxygen atoms in total. The fourth-order valence-corrected chi connectivity index (χ4v) is 9.92. The maximum atomic E-state index is 13.8. The highest BCUT2D eigenvalue weighted by Crippen LogP contribution is 2.33. The van der Waals surface area contributed by atoms with E-state index in [1.807, 2.05) is 70.3 Å². The van der Waals surface area contributed by atoms with Crippen LogP contribution in [0, 0.1) is 5.41 Å². The van der Waals surface area contributed by atoms with Crippen molar-refractivity contribution in [3.8, 4) is 11.1 Å². The van der Waals surface area contributed by atoms with Crippen LogP contribution in [0.2, 0.25) is 0 Å². The van der Waals surface area contributed by atoms with Gasteiger partial charge in [0, 0.05) is 106 Å². The van der Waals surface area contributed by atoms with E-state index in [-0.39, 0.29) is 42.8 Å². The molecule has 2 saturated heterocycles. The molecule has 5 amide bonds. The van der Waals surface area contributed by atoms with Crippen molar-refractivity contribution in [2.45, 2.75) is 123 Å². The molecule has 2 fully saturated rings. The van der Waals surface area contributed by atoms with Gasteiger partial charge in [0.1, 0.15) is 11.9 Å². The Balaban J connectivity index is 0.796. The Morgan fingerprint density at radius 3 is 2.33 bits per heavy atom. The van der Waals surface area contributed by atoms with E-state index in [2.05, 4.69) is 25.8 Å². The first-order valence-corrected chi connectivity index (χ1v) is 24.6. The van der Waals surface area contributed by atoms with Crippen LogP contribution in [0.1, 0.15) is 147 Å². The number of nitrogens with zero attached hydrogens (tertiary/aromatic N) is 4. The summed E-state index contributed by atoms with van der Waals surface area (Å²) in [7, 11) is 0. The Labute approximate surface area is 405 Å². The van der Waals surface area contributed by atoms with E-state index in [9.17, 15) is 33.6 Å². The van der Waals surface area contributed by atoms with Crippen LogP contribution in [0.15, 0.2) is 71.5 Å². The van der Waals surface area contributed by atoms with E-state index in [1.165, 1.54) is 6.21 Å². The molecule has 1 aromatic heterocycles. The number of rotatable bonds is 22. The normalized spacial score (nSPS) is 17.6. The number of ketones is 2. The van der Waals surface area contributed by atoms with Gasteiger partial charge < -0.3 is 20.9 Å². The van der Waals surface area contributed by atoms with Crippen LogP contribution >= 0.6 is 0 Å². The predicted molar refractivity (Wildman–Crippen MR) is 267 cm³/mol. The summed E-state index contributed by atoms with van der Waals surface area (Å²) in [6.07, 6.45) is 12.9. The zero-order chi connectivity index (χ0) is 49.2. The number of aryl methyl sites for hydroxylation is 1. The summed E-state index contributed by atoms with van der Waals surface area (Å²) in [6.45, 7) is 12.6. The average Bonchev–Trinajstić information content (AvgIpc) is 3.57. The van der Waals surface area contributed by atoms with Crippen molar-refractivity contribution in [3.63, 3.8) is 0 Å². The Hall–Kier alpha value is -6.61. The third kappa shape index (κ3) is 12.4. The highest BCUT2D eigenvalue weighted by atomic mass is 16.2. The average molecular weight is 939 g/mol. The van der Waals surface area contributed by atoms with Gasteiger partial charge in [0.25, 0.3) is 11.8 Å². The molecule has 1 atom stereocenters. The number of anilines is 2. The fourth-order valence-electron chi connectivity index (χ4n) is 9.92. The highest BCUT2D eigenvalue weighted by molar-refractivity contribution is 6.24. The SMILES string of the molecule is CC1=CC(C)=C(CCC(=O)c2cc(-c3ccc(N4CCN(CCNC(=O)CCCCCCCCc5cccc6c5C(=O)N(C5CCC(=O)NC5=O)C6=O)CC4)nc3)cc(NC(C)C)c2C=N)C(=O)C1. The Morgan fingerprint density at radius 1 is 0.884 bits per heavy atom. The van der Waals surface area contributed by atoms with E-state index in [1.54, 1.807) is 12.1 Å². The van der Waals surface area contributed by atoms with E-state index in [0.29, 0.717) is 65.7 Å². The molecule has 1 unspecified atom stereocenters. The van der Waals surface area contributed by atoms with Crippen LogP contribution in [-0.4, -0.2) is 113 Å². The Morgan fingerprint density at radius 2 is 1.64 bits per heavy atom. The van der Waals surface area contributed by atoms with Gasteiger partial charge in [-0.25, -0.2) is 4.98 Å². The summed E-state index contributed by atoms with van der Waals surface area (Å²) in [5.41, 5.74) is 7.51.